The Hall–Kier alpha value is -0.770. The van der Waals surface area contributed by atoms with Crippen molar-refractivity contribution >= 4 is 11.6 Å². The fourth-order valence-electron chi connectivity index (χ4n) is 2.58. The van der Waals surface area contributed by atoms with Crippen molar-refractivity contribution in [3.8, 4) is 5.75 Å². The van der Waals surface area contributed by atoms with Crippen LogP contribution >= 0.6 is 11.6 Å². The Labute approximate surface area is 120 Å². The SMILES string of the molecule is CC1CCC(CN)CN1CCOc1ccc(Cl)cc1. The van der Waals surface area contributed by atoms with E-state index in [4.69, 9.17) is 22.1 Å². The Morgan fingerprint density at radius 3 is 2.74 bits per heavy atom. The molecule has 0 aliphatic carbocycles. The second kappa shape index (κ2) is 7.13. The first kappa shape index (κ1) is 14.6. The lowest BCUT2D eigenvalue weighted by molar-refractivity contribution is 0.102. The molecule has 2 N–H and O–H groups in total. The van der Waals surface area contributed by atoms with Gasteiger partial charge in [0.05, 0.1) is 0 Å². The standard InChI is InChI=1S/C15H23ClN2O/c1-12-2-3-13(10-17)11-18(12)8-9-19-15-6-4-14(16)5-7-15/h4-7,12-13H,2-3,8-11,17H2,1H3. The maximum absolute atomic E-state index is 5.84. The highest BCUT2D eigenvalue weighted by molar-refractivity contribution is 6.30. The van der Waals surface area contributed by atoms with Gasteiger partial charge < -0.3 is 10.5 Å². The summed E-state index contributed by atoms with van der Waals surface area (Å²) in [5.41, 5.74) is 5.77. The third-order valence-corrected chi connectivity index (χ3v) is 4.15. The molecule has 2 unspecified atom stereocenters. The normalized spacial score (nSPS) is 24.4. The van der Waals surface area contributed by atoms with Crippen LogP contribution in [0.15, 0.2) is 24.3 Å². The minimum Gasteiger partial charge on any atom is -0.492 e. The molecule has 106 valence electrons. The molecule has 0 spiro atoms. The van der Waals surface area contributed by atoms with Gasteiger partial charge in [-0.15, -0.1) is 0 Å². The lowest BCUT2D eigenvalue weighted by Gasteiger charge is -2.37. The van der Waals surface area contributed by atoms with E-state index in [9.17, 15) is 0 Å². The number of hydrogen-bond acceptors (Lipinski definition) is 3. The predicted molar refractivity (Wildman–Crippen MR) is 79.8 cm³/mol. The molecule has 1 aliphatic rings. The summed E-state index contributed by atoms with van der Waals surface area (Å²) in [5, 5.41) is 0.739. The van der Waals surface area contributed by atoms with Crippen molar-refractivity contribution < 1.29 is 4.74 Å². The van der Waals surface area contributed by atoms with Gasteiger partial charge in [-0.25, -0.2) is 0 Å². The zero-order chi connectivity index (χ0) is 13.7. The van der Waals surface area contributed by atoms with Crippen molar-refractivity contribution in [1.29, 1.82) is 0 Å². The van der Waals surface area contributed by atoms with Crippen molar-refractivity contribution in [2.75, 3.05) is 26.2 Å². The molecule has 0 amide bonds. The molecule has 19 heavy (non-hydrogen) atoms. The van der Waals surface area contributed by atoms with E-state index >= 15 is 0 Å². The minimum atomic E-state index is 0.636. The number of rotatable bonds is 5. The van der Waals surface area contributed by atoms with Crippen molar-refractivity contribution in [3.63, 3.8) is 0 Å². The zero-order valence-electron chi connectivity index (χ0n) is 11.5. The van der Waals surface area contributed by atoms with Gasteiger partial charge in [-0.1, -0.05) is 11.6 Å². The minimum absolute atomic E-state index is 0.636. The van der Waals surface area contributed by atoms with Gasteiger partial charge in [-0.3, -0.25) is 4.90 Å². The monoisotopic (exact) mass is 282 g/mol. The topological polar surface area (TPSA) is 38.5 Å². The number of ether oxygens (including phenoxy) is 1. The summed E-state index contributed by atoms with van der Waals surface area (Å²) in [5.74, 6) is 1.52. The second-order valence-corrected chi connectivity index (χ2v) is 5.76. The quantitative estimate of drug-likeness (QED) is 0.902. The van der Waals surface area contributed by atoms with Gasteiger partial charge in [-0.05, 0) is 56.5 Å². The van der Waals surface area contributed by atoms with Gasteiger partial charge in [0.15, 0.2) is 0 Å². The summed E-state index contributed by atoms with van der Waals surface area (Å²) in [4.78, 5) is 2.48. The number of nitrogens with zero attached hydrogens (tertiary/aromatic N) is 1. The molecule has 1 aliphatic heterocycles. The van der Waals surface area contributed by atoms with Crippen LogP contribution in [0.5, 0.6) is 5.75 Å². The maximum Gasteiger partial charge on any atom is 0.119 e. The predicted octanol–water partition coefficient (Wildman–Crippen LogP) is 2.78. The van der Waals surface area contributed by atoms with Crippen molar-refractivity contribution in [2.45, 2.75) is 25.8 Å². The molecule has 0 saturated carbocycles. The van der Waals surface area contributed by atoms with Gasteiger partial charge in [0.2, 0.25) is 0 Å². The van der Waals surface area contributed by atoms with E-state index in [0.29, 0.717) is 18.6 Å². The first-order chi connectivity index (χ1) is 9.19. The molecule has 2 atom stereocenters. The van der Waals surface area contributed by atoms with Crippen LogP contribution in [-0.4, -0.2) is 37.2 Å². The molecular formula is C15H23ClN2O. The number of likely N-dealkylation sites (tertiary alicyclic amines) is 1. The van der Waals surface area contributed by atoms with E-state index in [1.807, 2.05) is 24.3 Å². The summed E-state index contributed by atoms with van der Waals surface area (Å²) in [7, 11) is 0. The Bertz CT molecular complexity index is 382. The summed E-state index contributed by atoms with van der Waals surface area (Å²) >= 11 is 5.84. The number of piperidine rings is 1. The zero-order valence-corrected chi connectivity index (χ0v) is 12.3. The van der Waals surface area contributed by atoms with Crippen molar-refractivity contribution in [3.05, 3.63) is 29.3 Å². The van der Waals surface area contributed by atoms with Crippen LogP contribution in [0.1, 0.15) is 19.8 Å². The van der Waals surface area contributed by atoms with Crippen LogP contribution in [0.3, 0.4) is 0 Å². The highest BCUT2D eigenvalue weighted by atomic mass is 35.5. The molecule has 0 bridgehead atoms. The Balaban J connectivity index is 1.76. The van der Waals surface area contributed by atoms with Crippen molar-refractivity contribution in [2.24, 2.45) is 11.7 Å². The fourth-order valence-corrected chi connectivity index (χ4v) is 2.70. The van der Waals surface area contributed by atoms with Crippen LogP contribution in [0, 0.1) is 5.92 Å². The smallest absolute Gasteiger partial charge is 0.119 e. The molecule has 1 saturated heterocycles. The average molecular weight is 283 g/mol. The van der Waals surface area contributed by atoms with E-state index < -0.39 is 0 Å². The van der Waals surface area contributed by atoms with E-state index in [1.165, 1.54) is 12.8 Å². The Morgan fingerprint density at radius 2 is 2.05 bits per heavy atom. The molecule has 0 aromatic heterocycles. The van der Waals surface area contributed by atoms with Crippen LogP contribution in [0.25, 0.3) is 0 Å². The molecule has 3 nitrogen and oxygen atoms in total. The van der Waals surface area contributed by atoms with E-state index in [1.54, 1.807) is 0 Å². The van der Waals surface area contributed by atoms with Gasteiger partial charge in [0.25, 0.3) is 0 Å². The van der Waals surface area contributed by atoms with E-state index in [-0.39, 0.29) is 0 Å². The summed E-state index contributed by atoms with van der Waals surface area (Å²) in [6.07, 6.45) is 2.50. The second-order valence-electron chi connectivity index (χ2n) is 5.33. The van der Waals surface area contributed by atoms with Crippen molar-refractivity contribution in [1.82, 2.24) is 4.90 Å². The van der Waals surface area contributed by atoms with Gasteiger partial charge >= 0.3 is 0 Å². The van der Waals surface area contributed by atoms with Gasteiger partial charge in [-0.2, -0.15) is 0 Å². The highest BCUT2D eigenvalue weighted by Crippen LogP contribution is 2.21. The maximum atomic E-state index is 5.84. The lowest BCUT2D eigenvalue weighted by Crippen LogP contribution is -2.45. The van der Waals surface area contributed by atoms with Gasteiger partial charge in [0, 0.05) is 24.2 Å². The van der Waals surface area contributed by atoms with Gasteiger partial charge in [0.1, 0.15) is 12.4 Å². The highest BCUT2D eigenvalue weighted by Gasteiger charge is 2.24. The number of hydrogen-bond donors (Lipinski definition) is 1. The number of nitrogens with two attached hydrogens (primary N) is 1. The first-order valence-electron chi connectivity index (χ1n) is 7.01. The third-order valence-electron chi connectivity index (χ3n) is 3.90. The van der Waals surface area contributed by atoms with Crippen LogP contribution in [0.4, 0.5) is 0 Å². The number of halogens is 1. The molecule has 1 aromatic rings. The van der Waals surface area contributed by atoms with E-state index in [2.05, 4.69) is 11.8 Å². The fraction of sp³-hybridized carbons (Fsp3) is 0.600. The van der Waals surface area contributed by atoms with Crippen LogP contribution in [-0.2, 0) is 0 Å². The third kappa shape index (κ3) is 4.37. The summed E-state index contributed by atoms with van der Waals surface area (Å²) < 4.78 is 5.75. The van der Waals surface area contributed by atoms with Crippen LogP contribution < -0.4 is 10.5 Å². The largest absolute Gasteiger partial charge is 0.492 e. The molecule has 2 rings (SSSR count). The Morgan fingerprint density at radius 1 is 1.32 bits per heavy atom. The van der Waals surface area contributed by atoms with E-state index in [0.717, 1.165) is 30.4 Å². The number of benzene rings is 1. The Kier molecular flexibility index (Phi) is 5.49. The molecule has 1 fully saturated rings. The average Bonchev–Trinajstić information content (AvgIpc) is 2.43. The van der Waals surface area contributed by atoms with Crippen LogP contribution in [0.2, 0.25) is 5.02 Å². The molecule has 4 heteroatoms. The lowest BCUT2D eigenvalue weighted by atomic mass is 9.94. The summed E-state index contributed by atoms with van der Waals surface area (Å²) in [6.45, 7) is 5.85. The molecule has 1 heterocycles. The molecular weight excluding hydrogens is 260 g/mol. The molecule has 0 radical (unpaired) electrons. The molecule has 1 aromatic carbocycles. The first-order valence-corrected chi connectivity index (χ1v) is 7.39. The summed E-state index contributed by atoms with van der Waals surface area (Å²) in [6, 6.07) is 8.15.